The monoisotopic (exact) mass is 260 g/mol. The van der Waals surface area contributed by atoms with Crippen molar-refractivity contribution in [2.24, 2.45) is 0 Å². The predicted molar refractivity (Wildman–Crippen MR) is 82.6 cm³/mol. The van der Waals surface area contributed by atoms with E-state index in [2.05, 4.69) is 53.9 Å². The van der Waals surface area contributed by atoms with Crippen molar-refractivity contribution < 1.29 is 0 Å². The Morgan fingerprint density at radius 3 is 2.85 bits per heavy atom. The number of aromatic amines is 1. The molecule has 1 aromatic carbocycles. The molecule has 0 aliphatic rings. The molecule has 2 heterocycles. The fourth-order valence-corrected chi connectivity index (χ4v) is 2.18. The van der Waals surface area contributed by atoms with E-state index in [4.69, 9.17) is 0 Å². The lowest BCUT2D eigenvalue weighted by Gasteiger charge is -2.04. The summed E-state index contributed by atoms with van der Waals surface area (Å²) in [5, 5.41) is 1.07. The average molecular weight is 260 g/mol. The van der Waals surface area contributed by atoms with E-state index in [1.54, 1.807) is 6.20 Å². The normalized spacial score (nSPS) is 10.6. The Bertz CT molecular complexity index is 801. The maximum absolute atomic E-state index is 4.27. The molecule has 0 unspecified atom stereocenters. The molecule has 98 valence electrons. The Labute approximate surface area is 118 Å². The van der Waals surface area contributed by atoms with Crippen LogP contribution in [0.15, 0.2) is 48.8 Å². The van der Waals surface area contributed by atoms with E-state index in [0.29, 0.717) is 5.92 Å². The number of benzene rings is 1. The Kier molecular flexibility index (Phi) is 3.26. The van der Waals surface area contributed by atoms with Gasteiger partial charge >= 0.3 is 0 Å². The lowest BCUT2D eigenvalue weighted by atomic mass is 10.0. The Morgan fingerprint density at radius 1 is 1.10 bits per heavy atom. The van der Waals surface area contributed by atoms with Gasteiger partial charge in [-0.25, -0.2) is 4.98 Å². The summed E-state index contributed by atoms with van der Waals surface area (Å²) in [6.45, 7) is 4.39. The number of rotatable bonds is 1. The highest BCUT2D eigenvalue weighted by atomic mass is 14.8. The summed E-state index contributed by atoms with van der Waals surface area (Å²) in [6, 6.07) is 12.4. The van der Waals surface area contributed by atoms with Crippen LogP contribution in [-0.2, 0) is 0 Å². The van der Waals surface area contributed by atoms with Crippen molar-refractivity contribution in [3.63, 3.8) is 0 Å². The van der Waals surface area contributed by atoms with Crippen LogP contribution in [0.5, 0.6) is 0 Å². The van der Waals surface area contributed by atoms with Crippen molar-refractivity contribution in [3.05, 3.63) is 65.5 Å². The Morgan fingerprint density at radius 2 is 2.00 bits per heavy atom. The Balaban J connectivity index is 1.99. The molecule has 3 aromatic rings. The van der Waals surface area contributed by atoms with Gasteiger partial charge in [-0.15, -0.1) is 0 Å². The van der Waals surface area contributed by atoms with Gasteiger partial charge in [0.05, 0.1) is 0 Å². The quantitative estimate of drug-likeness (QED) is 0.656. The minimum absolute atomic E-state index is 0.522. The molecule has 0 aliphatic carbocycles. The van der Waals surface area contributed by atoms with Crippen LogP contribution in [0.2, 0.25) is 0 Å². The fraction of sp³-hybridized carbons (Fsp3) is 0.167. The van der Waals surface area contributed by atoms with Crippen LogP contribution in [0.4, 0.5) is 0 Å². The second-order valence-electron chi connectivity index (χ2n) is 5.13. The predicted octanol–water partition coefficient (Wildman–Crippen LogP) is 4.09. The maximum atomic E-state index is 4.27. The van der Waals surface area contributed by atoms with Crippen molar-refractivity contribution in [1.29, 1.82) is 0 Å². The first-order valence-corrected chi connectivity index (χ1v) is 6.78. The fourth-order valence-electron chi connectivity index (χ4n) is 2.18. The van der Waals surface area contributed by atoms with E-state index in [1.807, 2.05) is 24.4 Å². The number of aromatic nitrogens is 2. The second-order valence-corrected chi connectivity index (χ2v) is 5.13. The third-order valence-corrected chi connectivity index (χ3v) is 3.35. The van der Waals surface area contributed by atoms with Crippen molar-refractivity contribution in [1.82, 2.24) is 9.97 Å². The van der Waals surface area contributed by atoms with Crippen LogP contribution in [0.1, 0.15) is 36.5 Å². The molecule has 20 heavy (non-hydrogen) atoms. The van der Waals surface area contributed by atoms with Gasteiger partial charge in [0.2, 0.25) is 0 Å². The smallest absolute Gasteiger partial charge is 0.138 e. The standard InChI is InChI=1S/C18H16N2/c1-13(2)16-5-3-4-14(12-16)6-7-15-8-10-19-18-17(15)9-11-20-18/h3-5,8-13H,1-2H3,(H,19,20). The lowest BCUT2D eigenvalue weighted by Crippen LogP contribution is -1.87. The van der Waals surface area contributed by atoms with Crippen LogP contribution in [0.25, 0.3) is 11.0 Å². The molecule has 2 nitrogen and oxygen atoms in total. The second kappa shape index (κ2) is 5.22. The molecule has 0 aliphatic heterocycles. The topological polar surface area (TPSA) is 28.7 Å². The average Bonchev–Trinajstić information content (AvgIpc) is 2.94. The summed E-state index contributed by atoms with van der Waals surface area (Å²) in [5.74, 6) is 7.01. The van der Waals surface area contributed by atoms with Gasteiger partial charge in [-0.1, -0.05) is 37.8 Å². The highest BCUT2D eigenvalue weighted by Gasteiger charge is 2.00. The van der Waals surface area contributed by atoms with Crippen LogP contribution >= 0.6 is 0 Å². The summed E-state index contributed by atoms with van der Waals surface area (Å²) >= 11 is 0. The van der Waals surface area contributed by atoms with Crippen LogP contribution < -0.4 is 0 Å². The molecule has 3 rings (SSSR count). The largest absolute Gasteiger partial charge is 0.346 e. The molecule has 0 amide bonds. The zero-order valence-corrected chi connectivity index (χ0v) is 11.6. The van der Waals surface area contributed by atoms with Gasteiger partial charge < -0.3 is 4.98 Å². The van der Waals surface area contributed by atoms with Crippen molar-refractivity contribution in [3.8, 4) is 11.8 Å². The number of hydrogen-bond acceptors (Lipinski definition) is 1. The first-order valence-electron chi connectivity index (χ1n) is 6.78. The zero-order chi connectivity index (χ0) is 13.9. The third-order valence-electron chi connectivity index (χ3n) is 3.35. The number of H-pyrrole nitrogens is 1. The highest BCUT2D eigenvalue weighted by Crippen LogP contribution is 2.16. The molecular formula is C18H16N2. The summed E-state index contributed by atoms with van der Waals surface area (Å²) in [7, 11) is 0. The van der Waals surface area contributed by atoms with E-state index < -0.39 is 0 Å². The van der Waals surface area contributed by atoms with E-state index in [1.165, 1.54) is 5.56 Å². The molecule has 0 bridgehead atoms. The molecule has 2 aromatic heterocycles. The summed E-state index contributed by atoms with van der Waals surface area (Å²) in [6.07, 6.45) is 3.68. The van der Waals surface area contributed by atoms with E-state index >= 15 is 0 Å². The van der Waals surface area contributed by atoms with Crippen molar-refractivity contribution in [2.75, 3.05) is 0 Å². The van der Waals surface area contributed by atoms with Crippen LogP contribution in [0.3, 0.4) is 0 Å². The number of nitrogens with zero attached hydrogens (tertiary/aromatic N) is 1. The SMILES string of the molecule is CC(C)c1cccc(C#Cc2ccnc3[nH]ccc23)c1. The molecule has 0 atom stereocenters. The van der Waals surface area contributed by atoms with Gasteiger partial charge in [-0.05, 0) is 35.7 Å². The Hall–Kier alpha value is -2.53. The lowest BCUT2D eigenvalue weighted by molar-refractivity contribution is 0.866. The van der Waals surface area contributed by atoms with Gasteiger partial charge in [-0.3, -0.25) is 0 Å². The van der Waals surface area contributed by atoms with Crippen molar-refractivity contribution >= 4 is 11.0 Å². The highest BCUT2D eigenvalue weighted by molar-refractivity contribution is 5.82. The minimum Gasteiger partial charge on any atom is -0.346 e. The molecule has 1 N–H and O–H groups in total. The number of pyridine rings is 1. The number of nitrogens with one attached hydrogen (secondary N) is 1. The number of hydrogen-bond donors (Lipinski definition) is 1. The zero-order valence-electron chi connectivity index (χ0n) is 11.6. The molecule has 0 fully saturated rings. The van der Waals surface area contributed by atoms with Gasteiger partial charge in [-0.2, -0.15) is 0 Å². The summed E-state index contributed by atoms with van der Waals surface area (Å²) in [4.78, 5) is 7.37. The van der Waals surface area contributed by atoms with E-state index in [0.717, 1.165) is 22.2 Å². The maximum Gasteiger partial charge on any atom is 0.138 e. The first-order chi connectivity index (χ1) is 9.74. The van der Waals surface area contributed by atoms with Crippen molar-refractivity contribution in [2.45, 2.75) is 19.8 Å². The van der Waals surface area contributed by atoms with E-state index in [-0.39, 0.29) is 0 Å². The van der Waals surface area contributed by atoms with Crippen LogP contribution in [-0.4, -0.2) is 9.97 Å². The minimum atomic E-state index is 0.522. The number of fused-ring (bicyclic) bond motifs is 1. The van der Waals surface area contributed by atoms with Gasteiger partial charge in [0.1, 0.15) is 5.65 Å². The van der Waals surface area contributed by atoms with Crippen LogP contribution in [0, 0.1) is 11.8 Å². The van der Waals surface area contributed by atoms with Gasteiger partial charge in [0, 0.05) is 28.9 Å². The summed E-state index contributed by atoms with van der Waals surface area (Å²) < 4.78 is 0. The molecular weight excluding hydrogens is 244 g/mol. The van der Waals surface area contributed by atoms with E-state index in [9.17, 15) is 0 Å². The molecule has 0 radical (unpaired) electrons. The molecule has 0 spiro atoms. The van der Waals surface area contributed by atoms with Gasteiger partial charge in [0.25, 0.3) is 0 Å². The molecule has 0 saturated heterocycles. The molecule has 2 heteroatoms. The van der Waals surface area contributed by atoms with Gasteiger partial charge in [0.15, 0.2) is 0 Å². The molecule has 0 saturated carbocycles. The first kappa shape index (κ1) is 12.5. The third kappa shape index (κ3) is 2.44. The summed E-state index contributed by atoms with van der Waals surface area (Å²) in [5.41, 5.74) is 4.26.